The lowest BCUT2D eigenvalue weighted by Gasteiger charge is -2.38. The van der Waals surface area contributed by atoms with Gasteiger partial charge in [-0.15, -0.1) is 0 Å². The van der Waals surface area contributed by atoms with E-state index in [2.05, 4.69) is 181 Å². The van der Waals surface area contributed by atoms with E-state index in [1.54, 1.807) is 0 Å². The summed E-state index contributed by atoms with van der Waals surface area (Å²) in [4.78, 5) is 34.9. The molecule has 0 aliphatic carbocycles. The second kappa shape index (κ2) is 19.6. The summed E-state index contributed by atoms with van der Waals surface area (Å²) >= 11 is 0. The number of cyclic esters (lactones) is 1. The highest BCUT2D eigenvalue weighted by molar-refractivity contribution is 5.99. The van der Waals surface area contributed by atoms with Crippen LogP contribution in [0.5, 0.6) is 11.5 Å². The summed E-state index contributed by atoms with van der Waals surface area (Å²) in [6, 6.07) is 64.4. The standard InChI is InChI=1S/C67H62N4O5/c1-6-69(49-32-35-55(45(3)40-49)67(57-30-18-15-27-53(57)65(73)76-67)63-46(4)68(5)60-31-19-16-28-54(60)63)38-20-21-39-70(7-2)51-33-36-58-62(42-51)74-61-37-34-50(41-59(61)66(58)56-29-17-14-26-52(56)64(72)75-66)71(43-47-22-10-8-11-23-47)44-48-24-12-9-13-25-48/h8-19,22-37,40-42H,6-7,20-21,38-39,43-44H2,1-5H3. The molecular weight excluding hydrogens is 941 g/mol. The second-order valence-corrected chi connectivity index (χ2v) is 20.4. The lowest BCUT2D eigenvalue weighted by atomic mass is 9.77. The fraction of sp³-hybridized carbons (Fsp3) is 0.224. The van der Waals surface area contributed by atoms with Crippen molar-refractivity contribution in [2.24, 2.45) is 7.05 Å². The number of carbonyl (C=O) groups excluding carboxylic acids is 2. The van der Waals surface area contributed by atoms with Crippen molar-refractivity contribution in [1.29, 1.82) is 0 Å². The minimum atomic E-state index is -1.20. The summed E-state index contributed by atoms with van der Waals surface area (Å²) in [5, 5.41) is 1.07. The van der Waals surface area contributed by atoms with Crippen molar-refractivity contribution in [2.45, 2.75) is 64.8 Å². The van der Waals surface area contributed by atoms with Crippen molar-refractivity contribution < 1.29 is 23.8 Å². The average Bonchev–Trinajstić information content (AvgIpc) is 4.05. The van der Waals surface area contributed by atoms with Crippen molar-refractivity contribution in [3.63, 3.8) is 0 Å². The van der Waals surface area contributed by atoms with Gasteiger partial charge in [0.05, 0.1) is 11.1 Å². The molecular formula is C67H62N4O5. The van der Waals surface area contributed by atoms with Gasteiger partial charge in [0.25, 0.3) is 0 Å². The molecule has 0 saturated heterocycles. The summed E-state index contributed by atoms with van der Waals surface area (Å²) in [6.45, 7) is 13.4. The van der Waals surface area contributed by atoms with Crippen LogP contribution in [0.1, 0.15) is 103 Å². The van der Waals surface area contributed by atoms with Gasteiger partial charge in [-0.3, -0.25) is 0 Å². The third kappa shape index (κ3) is 7.99. The number of hydrogen-bond donors (Lipinski definition) is 0. The van der Waals surface area contributed by atoms with Crippen LogP contribution in [0.15, 0.2) is 188 Å². The summed E-state index contributed by atoms with van der Waals surface area (Å²) < 4.78 is 22.5. The minimum absolute atomic E-state index is 0.305. The van der Waals surface area contributed by atoms with E-state index in [1.165, 1.54) is 11.1 Å². The van der Waals surface area contributed by atoms with Gasteiger partial charge >= 0.3 is 11.9 Å². The molecule has 0 fully saturated rings. The first-order valence-electron chi connectivity index (χ1n) is 26.7. The van der Waals surface area contributed by atoms with E-state index >= 15 is 0 Å². The van der Waals surface area contributed by atoms with Gasteiger partial charge in [0.1, 0.15) is 11.5 Å². The molecule has 3 aliphatic rings. The molecule has 9 heteroatoms. The fourth-order valence-corrected chi connectivity index (χ4v) is 12.4. The molecule has 0 radical (unpaired) electrons. The first-order chi connectivity index (χ1) is 37.1. The molecule has 0 amide bonds. The molecule has 0 bridgehead atoms. The Balaban J connectivity index is 0.800. The van der Waals surface area contributed by atoms with Crippen LogP contribution >= 0.6 is 0 Å². The molecule has 8 aromatic carbocycles. The van der Waals surface area contributed by atoms with Crippen LogP contribution in [0.3, 0.4) is 0 Å². The summed E-state index contributed by atoms with van der Waals surface area (Å²) in [5.74, 6) is 0.688. The van der Waals surface area contributed by atoms with Crippen molar-refractivity contribution in [2.75, 3.05) is 40.9 Å². The number of hydrogen-bond acceptors (Lipinski definition) is 8. The van der Waals surface area contributed by atoms with Crippen LogP contribution in [0.25, 0.3) is 10.9 Å². The molecule has 9 nitrogen and oxygen atoms in total. The number of anilines is 3. The molecule has 0 N–H and O–H groups in total. The zero-order valence-electron chi connectivity index (χ0n) is 43.9. The Bertz CT molecular complexity index is 3640. The number of para-hydroxylation sites is 1. The maximum atomic E-state index is 13.9. The molecule has 4 heterocycles. The predicted octanol–water partition coefficient (Wildman–Crippen LogP) is 14.2. The zero-order valence-corrected chi connectivity index (χ0v) is 43.9. The smallest absolute Gasteiger partial charge is 0.340 e. The Morgan fingerprint density at radius 1 is 0.474 bits per heavy atom. The third-order valence-electron chi connectivity index (χ3n) is 16.2. The molecule has 3 aliphatic heterocycles. The highest BCUT2D eigenvalue weighted by Gasteiger charge is 2.54. The van der Waals surface area contributed by atoms with Gasteiger partial charge in [-0.25, -0.2) is 9.59 Å². The normalized spacial score (nSPS) is 16.9. The molecule has 9 aromatic rings. The van der Waals surface area contributed by atoms with Crippen LogP contribution in [-0.2, 0) is 40.8 Å². The Hall–Kier alpha value is -8.56. The van der Waals surface area contributed by atoms with Crippen molar-refractivity contribution in [3.8, 4) is 11.5 Å². The number of rotatable bonds is 16. The molecule has 76 heavy (non-hydrogen) atoms. The van der Waals surface area contributed by atoms with Crippen LogP contribution in [0, 0.1) is 13.8 Å². The van der Waals surface area contributed by atoms with E-state index in [0.29, 0.717) is 35.7 Å². The third-order valence-corrected chi connectivity index (χ3v) is 16.2. The van der Waals surface area contributed by atoms with Gasteiger partial charge in [-0.1, -0.05) is 121 Å². The molecule has 2 unspecified atom stereocenters. The summed E-state index contributed by atoms with van der Waals surface area (Å²) in [5.41, 5.74) is 13.0. The van der Waals surface area contributed by atoms with Gasteiger partial charge in [0, 0.05) is 119 Å². The molecule has 1 spiro atoms. The monoisotopic (exact) mass is 1000 g/mol. The highest BCUT2D eigenvalue weighted by Crippen LogP contribution is 2.58. The first-order valence-corrected chi connectivity index (χ1v) is 26.7. The Morgan fingerprint density at radius 3 is 1.61 bits per heavy atom. The van der Waals surface area contributed by atoms with Gasteiger partial charge in [0.15, 0.2) is 11.2 Å². The number of aromatic nitrogens is 1. The lowest BCUT2D eigenvalue weighted by molar-refractivity contribution is 0.0221. The van der Waals surface area contributed by atoms with Crippen molar-refractivity contribution >= 4 is 39.9 Å². The topological polar surface area (TPSA) is 76.5 Å². The second-order valence-electron chi connectivity index (χ2n) is 20.4. The van der Waals surface area contributed by atoms with Crippen LogP contribution in [0.4, 0.5) is 17.1 Å². The number of ether oxygens (including phenoxy) is 3. The predicted molar refractivity (Wildman–Crippen MR) is 303 cm³/mol. The van der Waals surface area contributed by atoms with E-state index in [-0.39, 0.29) is 11.9 Å². The van der Waals surface area contributed by atoms with Crippen molar-refractivity contribution in [3.05, 3.63) is 255 Å². The van der Waals surface area contributed by atoms with Gasteiger partial charge in [0.2, 0.25) is 0 Å². The fourth-order valence-electron chi connectivity index (χ4n) is 12.4. The van der Waals surface area contributed by atoms with Gasteiger partial charge in [-0.2, -0.15) is 0 Å². The van der Waals surface area contributed by atoms with Gasteiger partial charge < -0.3 is 33.5 Å². The van der Waals surface area contributed by atoms with Crippen LogP contribution < -0.4 is 19.4 Å². The Kier molecular flexibility index (Phi) is 12.5. The van der Waals surface area contributed by atoms with Crippen molar-refractivity contribution in [1.82, 2.24) is 4.57 Å². The van der Waals surface area contributed by atoms with Crippen LogP contribution in [-0.4, -0.2) is 42.7 Å². The molecule has 12 rings (SSSR count). The SMILES string of the molecule is CCN(CCCCN(CC)c1ccc2c(c1)Oc1ccc(N(Cc3ccccc3)Cc3ccccc3)cc1C21OC(=O)c2ccccc21)c1ccc(C2(c3c(C)n(C)c4ccccc34)OC(=O)c3ccccc32)c(C)c1. The van der Waals surface area contributed by atoms with E-state index in [9.17, 15) is 9.59 Å². The number of unbranched alkanes of at least 4 members (excludes halogenated alkanes) is 1. The first kappa shape index (κ1) is 48.4. The van der Waals surface area contributed by atoms with Gasteiger partial charge in [-0.05, 0) is 118 Å². The average molecular weight is 1000 g/mol. The summed E-state index contributed by atoms with van der Waals surface area (Å²) in [6.07, 6.45) is 1.95. The molecule has 380 valence electrons. The number of benzene rings is 8. The van der Waals surface area contributed by atoms with E-state index in [1.807, 2.05) is 60.7 Å². The number of esters is 2. The van der Waals surface area contributed by atoms with Crippen LogP contribution in [0.2, 0.25) is 0 Å². The zero-order chi connectivity index (χ0) is 52.1. The molecule has 1 aromatic heterocycles. The van der Waals surface area contributed by atoms with E-state index < -0.39 is 11.2 Å². The van der Waals surface area contributed by atoms with E-state index in [0.717, 1.165) is 112 Å². The lowest BCUT2D eigenvalue weighted by Crippen LogP contribution is -2.34. The maximum absolute atomic E-state index is 13.9. The molecule has 0 saturated carbocycles. The Morgan fingerprint density at radius 2 is 0.987 bits per heavy atom. The number of nitrogens with zero attached hydrogens (tertiary/aromatic N) is 4. The molecule has 2 atom stereocenters. The number of aryl methyl sites for hydroxylation is 2. The minimum Gasteiger partial charge on any atom is -0.456 e. The largest absolute Gasteiger partial charge is 0.456 e. The summed E-state index contributed by atoms with van der Waals surface area (Å²) in [7, 11) is 2.08. The number of carbonyl (C=O) groups is 2. The van der Waals surface area contributed by atoms with E-state index in [4.69, 9.17) is 14.2 Å². The Labute approximate surface area is 445 Å². The highest BCUT2D eigenvalue weighted by atomic mass is 16.6. The number of fused-ring (bicyclic) bond motifs is 8. The maximum Gasteiger partial charge on any atom is 0.340 e. The quantitative estimate of drug-likeness (QED) is 0.0700.